The first-order valence-corrected chi connectivity index (χ1v) is 8.63. The number of non-ortho nitro benzene ring substituents is 1. The lowest BCUT2D eigenvalue weighted by Gasteiger charge is -2.36. The first-order valence-electron chi connectivity index (χ1n) is 8.63. The molecule has 0 atom stereocenters. The van der Waals surface area contributed by atoms with Gasteiger partial charge in [0.1, 0.15) is 0 Å². The second-order valence-corrected chi connectivity index (χ2v) is 7.75. The number of nitro groups is 1. The lowest BCUT2D eigenvalue weighted by Crippen LogP contribution is -2.30. The average molecular weight is 347 g/mol. The Morgan fingerprint density at radius 3 is 2.16 bits per heavy atom. The second kappa shape index (κ2) is 7.76. The number of nitrogens with zero attached hydrogens (tertiary/aromatic N) is 1. The molecule has 136 valence electrons. The summed E-state index contributed by atoms with van der Waals surface area (Å²) in [6.45, 7) is 6.34. The molecule has 1 aromatic carbocycles. The number of rotatable bonds is 5. The van der Waals surface area contributed by atoms with E-state index >= 15 is 0 Å². The molecule has 0 heterocycles. The molecule has 25 heavy (non-hydrogen) atoms. The molecule has 1 aromatic rings. The Kier molecular flexibility index (Phi) is 5.93. The minimum absolute atomic E-state index is 0.0795. The van der Waals surface area contributed by atoms with Crippen LogP contribution in [0.3, 0.4) is 0 Å². The highest BCUT2D eigenvalue weighted by Crippen LogP contribution is 2.40. The Labute approximate surface area is 147 Å². The highest BCUT2D eigenvalue weighted by molar-refractivity contribution is 5.98. The lowest BCUT2D eigenvalue weighted by molar-refractivity contribution is -0.384. The number of carbonyl (C=O) groups is 2. The van der Waals surface area contributed by atoms with Gasteiger partial charge in [0.05, 0.1) is 10.8 Å². The zero-order valence-corrected chi connectivity index (χ0v) is 15.0. The maximum atomic E-state index is 12.2. The number of Topliss-reactive ketones (excluding diaryl/α,β-unsaturated/α-hetero) is 1. The third-order valence-corrected chi connectivity index (χ3v) is 5.03. The van der Waals surface area contributed by atoms with Crippen molar-refractivity contribution in [2.24, 2.45) is 17.3 Å². The van der Waals surface area contributed by atoms with Crippen LogP contribution in [0.2, 0.25) is 0 Å². The largest absolute Gasteiger partial charge is 0.457 e. The summed E-state index contributed by atoms with van der Waals surface area (Å²) in [4.78, 5) is 34.3. The van der Waals surface area contributed by atoms with Crippen molar-refractivity contribution >= 4 is 17.4 Å². The van der Waals surface area contributed by atoms with Gasteiger partial charge < -0.3 is 4.74 Å². The summed E-state index contributed by atoms with van der Waals surface area (Å²) in [6, 6.07) is 5.29. The maximum Gasteiger partial charge on any atom is 0.309 e. The zero-order valence-electron chi connectivity index (χ0n) is 15.0. The normalized spacial score (nSPS) is 20.8. The Hall–Kier alpha value is -2.24. The van der Waals surface area contributed by atoms with Crippen molar-refractivity contribution in [3.63, 3.8) is 0 Å². The van der Waals surface area contributed by atoms with E-state index in [0.29, 0.717) is 11.5 Å². The van der Waals surface area contributed by atoms with Crippen LogP contribution < -0.4 is 0 Å². The minimum atomic E-state index is -0.526. The molecule has 0 unspecified atom stereocenters. The SMILES string of the molecule is CC(C)(C)C1CCC(C(=O)OCC(=O)c2ccc([N+](=O)[O-])cc2)CC1. The molecular formula is C19H25NO5. The third-order valence-electron chi connectivity index (χ3n) is 5.03. The first-order chi connectivity index (χ1) is 11.7. The highest BCUT2D eigenvalue weighted by Gasteiger charge is 2.33. The van der Waals surface area contributed by atoms with Gasteiger partial charge in [-0.05, 0) is 49.1 Å². The predicted octanol–water partition coefficient (Wildman–Crippen LogP) is 4.17. The second-order valence-electron chi connectivity index (χ2n) is 7.75. The van der Waals surface area contributed by atoms with Gasteiger partial charge in [-0.25, -0.2) is 0 Å². The van der Waals surface area contributed by atoms with E-state index in [9.17, 15) is 19.7 Å². The molecule has 1 aliphatic rings. The van der Waals surface area contributed by atoms with Crippen molar-refractivity contribution in [2.45, 2.75) is 46.5 Å². The quantitative estimate of drug-likeness (QED) is 0.345. The van der Waals surface area contributed by atoms with Crippen LogP contribution in [0, 0.1) is 27.4 Å². The fraction of sp³-hybridized carbons (Fsp3) is 0.579. The fourth-order valence-electron chi connectivity index (χ4n) is 3.30. The number of hydrogen-bond donors (Lipinski definition) is 0. The van der Waals surface area contributed by atoms with Crippen molar-refractivity contribution < 1.29 is 19.2 Å². The van der Waals surface area contributed by atoms with Crippen LogP contribution in [0.15, 0.2) is 24.3 Å². The van der Waals surface area contributed by atoms with Gasteiger partial charge in [-0.3, -0.25) is 19.7 Å². The van der Waals surface area contributed by atoms with E-state index in [-0.39, 0.29) is 35.4 Å². The van der Waals surface area contributed by atoms with Gasteiger partial charge >= 0.3 is 5.97 Å². The third kappa shape index (κ3) is 5.11. The predicted molar refractivity (Wildman–Crippen MR) is 93.3 cm³/mol. The van der Waals surface area contributed by atoms with Crippen molar-refractivity contribution in [1.29, 1.82) is 0 Å². The molecule has 1 fully saturated rings. The molecule has 0 aromatic heterocycles. The topological polar surface area (TPSA) is 86.5 Å². The van der Waals surface area contributed by atoms with E-state index < -0.39 is 4.92 Å². The Morgan fingerprint density at radius 2 is 1.68 bits per heavy atom. The van der Waals surface area contributed by atoms with Gasteiger partial charge in [0.25, 0.3) is 5.69 Å². The summed E-state index contributed by atoms with van der Waals surface area (Å²) in [5.74, 6) is -0.198. The van der Waals surface area contributed by atoms with Gasteiger partial charge in [-0.2, -0.15) is 0 Å². The monoisotopic (exact) mass is 347 g/mol. The van der Waals surface area contributed by atoms with E-state index in [2.05, 4.69) is 20.8 Å². The number of esters is 1. The number of benzene rings is 1. The van der Waals surface area contributed by atoms with Crippen LogP contribution in [0.5, 0.6) is 0 Å². The summed E-state index contributed by atoms with van der Waals surface area (Å²) in [7, 11) is 0. The fourth-order valence-corrected chi connectivity index (χ4v) is 3.30. The zero-order chi connectivity index (χ0) is 18.6. The van der Waals surface area contributed by atoms with Crippen LogP contribution in [0.4, 0.5) is 5.69 Å². The van der Waals surface area contributed by atoms with Crippen LogP contribution in [0.1, 0.15) is 56.8 Å². The van der Waals surface area contributed by atoms with E-state index in [1.165, 1.54) is 24.3 Å². The minimum Gasteiger partial charge on any atom is -0.457 e. The van der Waals surface area contributed by atoms with Crippen molar-refractivity contribution in [1.82, 2.24) is 0 Å². The number of nitro benzene ring substituents is 1. The molecule has 0 bridgehead atoms. The summed E-state index contributed by atoms with van der Waals surface area (Å²) in [5.41, 5.74) is 0.472. The smallest absolute Gasteiger partial charge is 0.309 e. The van der Waals surface area contributed by atoms with Gasteiger partial charge in [0.2, 0.25) is 0 Å². The van der Waals surface area contributed by atoms with Gasteiger partial charge in [-0.15, -0.1) is 0 Å². The Bertz CT molecular complexity index is 637. The summed E-state index contributed by atoms with van der Waals surface area (Å²) >= 11 is 0. The molecule has 0 amide bonds. The summed E-state index contributed by atoms with van der Waals surface area (Å²) in [5, 5.41) is 10.6. The molecule has 2 rings (SSSR count). The van der Waals surface area contributed by atoms with Crippen LogP contribution in [-0.4, -0.2) is 23.3 Å². The van der Waals surface area contributed by atoms with Crippen molar-refractivity contribution in [2.75, 3.05) is 6.61 Å². The van der Waals surface area contributed by atoms with Gasteiger partial charge in [0, 0.05) is 17.7 Å². The van der Waals surface area contributed by atoms with Crippen molar-refractivity contribution in [3.05, 3.63) is 39.9 Å². The molecule has 0 N–H and O–H groups in total. The van der Waals surface area contributed by atoms with Gasteiger partial charge in [-0.1, -0.05) is 20.8 Å². The molecule has 0 saturated heterocycles. The summed E-state index contributed by atoms with van der Waals surface area (Å²) in [6.07, 6.45) is 3.60. The van der Waals surface area contributed by atoms with E-state index in [4.69, 9.17) is 4.74 Å². The van der Waals surface area contributed by atoms with Crippen LogP contribution in [-0.2, 0) is 9.53 Å². The van der Waals surface area contributed by atoms with E-state index in [1.54, 1.807) is 0 Å². The molecule has 0 aliphatic heterocycles. The molecule has 1 saturated carbocycles. The standard InChI is InChI=1S/C19H25NO5/c1-19(2,3)15-8-4-14(5-9-15)18(22)25-12-17(21)13-6-10-16(11-7-13)20(23)24/h6-7,10-11,14-15H,4-5,8-9,12H2,1-3H3. The van der Waals surface area contributed by atoms with Crippen LogP contribution in [0.25, 0.3) is 0 Å². The molecule has 1 aliphatic carbocycles. The van der Waals surface area contributed by atoms with Crippen LogP contribution >= 0.6 is 0 Å². The molecule has 0 radical (unpaired) electrons. The maximum absolute atomic E-state index is 12.2. The Morgan fingerprint density at radius 1 is 1.12 bits per heavy atom. The summed E-state index contributed by atoms with van der Waals surface area (Å²) < 4.78 is 5.17. The molecular weight excluding hydrogens is 322 g/mol. The van der Waals surface area contributed by atoms with E-state index in [1.807, 2.05) is 0 Å². The number of ketones is 1. The number of ether oxygens (including phenoxy) is 1. The average Bonchev–Trinajstić information content (AvgIpc) is 2.58. The lowest BCUT2D eigenvalue weighted by atomic mass is 9.70. The molecule has 0 spiro atoms. The van der Waals surface area contributed by atoms with Crippen molar-refractivity contribution in [3.8, 4) is 0 Å². The number of hydrogen-bond acceptors (Lipinski definition) is 5. The molecule has 6 heteroatoms. The Balaban J connectivity index is 1.82. The first kappa shape index (κ1) is 19.1. The molecule has 6 nitrogen and oxygen atoms in total. The van der Waals surface area contributed by atoms with Gasteiger partial charge in [0.15, 0.2) is 12.4 Å². The van der Waals surface area contributed by atoms with E-state index in [0.717, 1.165) is 25.7 Å². The highest BCUT2D eigenvalue weighted by atomic mass is 16.6. The number of carbonyl (C=O) groups excluding carboxylic acids is 2.